The number of anilines is 2. The molecule has 0 aliphatic carbocycles. The third-order valence-corrected chi connectivity index (χ3v) is 5.81. The second-order valence-corrected chi connectivity index (χ2v) is 10.00. The number of ether oxygens (including phenoxy) is 1. The molecule has 0 spiro atoms. The largest absolute Gasteiger partial charge is 0.378 e. The third-order valence-electron chi connectivity index (χ3n) is 5.81. The Morgan fingerprint density at radius 2 is 1.89 bits per heavy atom. The number of benzene rings is 2. The van der Waals surface area contributed by atoms with E-state index in [9.17, 15) is 13.6 Å². The number of nitrogens with one attached hydrogen (secondary N) is 2. The smallest absolute Gasteiger partial charge is 0.251 e. The van der Waals surface area contributed by atoms with Gasteiger partial charge in [0.25, 0.3) is 5.91 Å². The van der Waals surface area contributed by atoms with Crippen molar-refractivity contribution in [1.82, 2.24) is 15.3 Å². The van der Waals surface area contributed by atoms with Gasteiger partial charge in [0.05, 0.1) is 36.5 Å². The van der Waals surface area contributed by atoms with Crippen LogP contribution < -0.4 is 15.5 Å². The molecule has 1 fully saturated rings. The molecule has 1 amide bonds. The van der Waals surface area contributed by atoms with E-state index in [1.165, 1.54) is 6.07 Å². The lowest BCUT2D eigenvalue weighted by molar-refractivity contribution is 0.0939. The topological polar surface area (TPSA) is 79.4 Å². The van der Waals surface area contributed by atoms with Crippen molar-refractivity contribution >= 4 is 28.4 Å². The number of hydrogen-bond donors (Lipinski definition) is 2. The first-order chi connectivity index (χ1) is 16.6. The Labute approximate surface area is 203 Å². The van der Waals surface area contributed by atoms with E-state index in [-0.39, 0.29) is 17.4 Å². The van der Waals surface area contributed by atoms with Gasteiger partial charge in [0.15, 0.2) is 11.6 Å². The van der Waals surface area contributed by atoms with Crippen molar-refractivity contribution in [2.45, 2.75) is 33.7 Å². The maximum absolute atomic E-state index is 13.8. The van der Waals surface area contributed by atoms with E-state index in [0.717, 1.165) is 23.5 Å². The molecule has 0 bridgehead atoms. The van der Waals surface area contributed by atoms with E-state index in [2.05, 4.69) is 20.5 Å². The summed E-state index contributed by atoms with van der Waals surface area (Å²) >= 11 is 0. The van der Waals surface area contributed by atoms with Crippen LogP contribution in [-0.4, -0.2) is 48.7 Å². The average Bonchev–Trinajstić information content (AvgIpc) is 2.83. The number of amides is 1. The maximum Gasteiger partial charge on any atom is 0.251 e. The molecule has 1 aliphatic rings. The van der Waals surface area contributed by atoms with Crippen LogP contribution in [0.3, 0.4) is 0 Å². The molecule has 2 N–H and O–H groups in total. The van der Waals surface area contributed by atoms with E-state index in [1.54, 1.807) is 18.3 Å². The Kier molecular flexibility index (Phi) is 7.16. The summed E-state index contributed by atoms with van der Waals surface area (Å²) < 4.78 is 32.6. The van der Waals surface area contributed by atoms with Crippen LogP contribution in [0.4, 0.5) is 20.3 Å². The molecule has 4 rings (SSSR count). The molecule has 1 aromatic heterocycles. The Bertz CT molecular complexity index is 1220. The van der Waals surface area contributed by atoms with Gasteiger partial charge in [0.2, 0.25) is 0 Å². The zero-order chi connectivity index (χ0) is 25.2. The zero-order valence-electron chi connectivity index (χ0n) is 20.5. The Morgan fingerprint density at radius 1 is 1.14 bits per heavy atom. The number of nitrogens with zero attached hydrogens (tertiary/aromatic N) is 3. The van der Waals surface area contributed by atoms with Crippen LogP contribution in [0, 0.1) is 17.0 Å². The first-order valence-corrected chi connectivity index (χ1v) is 11.7. The summed E-state index contributed by atoms with van der Waals surface area (Å²) in [7, 11) is 0. The quantitative estimate of drug-likeness (QED) is 0.530. The third kappa shape index (κ3) is 6.03. The second-order valence-electron chi connectivity index (χ2n) is 10.00. The Morgan fingerprint density at radius 3 is 2.57 bits per heavy atom. The number of carbonyl (C=O) groups is 1. The van der Waals surface area contributed by atoms with Crippen LogP contribution in [-0.2, 0) is 4.74 Å². The number of rotatable bonds is 6. The number of hydrogen-bond acceptors (Lipinski definition) is 6. The van der Waals surface area contributed by atoms with E-state index >= 15 is 0 Å². The van der Waals surface area contributed by atoms with Crippen molar-refractivity contribution in [1.29, 1.82) is 0 Å². The summed E-state index contributed by atoms with van der Waals surface area (Å²) in [4.78, 5) is 24.6. The van der Waals surface area contributed by atoms with Crippen molar-refractivity contribution in [3.63, 3.8) is 0 Å². The average molecular weight is 484 g/mol. The predicted octanol–water partition coefficient (Wildman–Crippen LogP) is 4.69. The molecule has 186 valence electrons. The summed E-state index contributed by atoms with van der Waals surface area (Å²) in [5, 5.41) is 6.18. The molecule has 0 saturated carbocycles. The molecule has 7 nitrogen and oxygen atoms in total. The SMILES string of the molecule is CC(Nc1ccc(F)c(F)c1)c1cc(C(=O)NCC(C)(C)C)cc2ncc(N3CCOCC3)nc12. The monoisotopic (exact) mass is 483 g/mol. The van der Waals surface area contributed by atoms with Gasteiger partial charge in [0.1, 0.15) is 5.82 Å². The van der Waals surface area contributed by atoms with Gasteiger partial charge in [-0.15, -0.1) is 0 Å². The van der Waals surface area contributed by atoms with Gasteiger partial charge in [-0.2, -0.15) is 0 Å². The Balaban J connectivity index is 1.73. The summed E-state index contributed by atoms with van der Waals surface area (Å²) in [6.45, 7) is 11.2. The van der Waals surface area contributed by atoms with Crippen LogP contribution in [0.5, 0.6) is 0 Å². The molecule has 1 unspecified atom stereocenters. The second kappa shape index (κ2) is 10.1. The zero-order valence-corrected chi connectivity index (χ0v) is 20.5. The highest BCUT2D eigenvalue weighted by Crippen LogP contribution is 2.29. The lowest BCUT2D eigenvalue weighted by atomic mass is 9.96. The van der Waals surface area contributed by atoms with Crippen molar-refractivity contribution in [2.75, 3.05) is 43.1 Å². The summed E-state index contributed by atoms with van der Waals surface area (Å²) in [6, 6.07) is 6.81. The normalized spacial score (nSPS) is 15.2. The highest BCUT2D eigenvalue weighted by molar-refractivity contribution is 5.98. The number of carbonyl (C=O) groups excluding carboxylic acids is 1. The highest BCUT2D eigenvalue weighted by atomic mass is 19.2. The number of aromatic nitrogens is 2. The fourth-order valence-corrected chi connectivity index (χ4v) is 3.90. The van der Waals surface area contributed by atoms with Crippen LogP contribution in [0.1, 0.15) is 49.7 Å². The van der Waals surface area contributed by atoms with Crippen molar-refractivity contribution < 1.29 is 18.3 Å². The van der Waals surface area contributed by atoms with E-state index in [1.807, 2.05) is 27.7 Å². The minimum atomic E-state index is -0.934. The van der Waals surface area contributed by atoms with Gasteiger partial charge in [-0.1, -0.05) is 20.8 Å². The van der Waals surface area contributed by atoms with Crippen LogP contribution in [0.15, 0.2) is 36.5 Å². The number of halogens is 2. The molecule has 1 aliphatic heterocycles. The standard InChI is InChI=1S/C26H31F2N5O2/c1-16(31-18-5-6-20(27)21(28)13-18)19-11-17(25(34)30-15-26(2,3)4)12-22-24(19)32-23(14-29-22)33-7-9-35-10-8-33/h5-6,11-14,16,31H,7-10,15H2,1-4H3,(H,30,34). The molecule has 2 aromatic carbocycles. The molecule has 1 atom stereocenters. The lowest BCUT2D eigenvalue weighted by Gasteiger charge is -2.28. The van der Waals surface area contributed by atoms with E-state index in [0.29, 0.717) is 55.1 Å². The number of fused-ring (bicyclic) bond motifs is 1. The molecule has 1 saturated heterocycles. The minimum Gasteiger partial charge on any atom is -0.378 e. The van der Waals surface area contributed by atoms with Crippen LogP contribution in [0.2, 0.25) is 0 Å². The van der Waals surface area contributed by atoms with E-state index in [4.69, 9.17) is 9.72 Å². The maximum atomic E-state index is 13.8. The first kappa shape index (κ1) is 24.8. The minimum absolute atomic E-state index is 0.0658. The molecule has 0 radical (unpaired) electrons. The fraction of sp³-hybridized carbons (Fsp3) is 0.423. The van der Waals surface area contributed by atoms with Crippen LogP contribution >= 0.6 is 0 Å². The molecular formula is C26H31F2N5O2. The van der Waals surface area contributed by atoms with E-state index < -0.39 is 11.6 Å². The van der Waals surface area contributed by atoms with Gasteiger partial charge >= 0.3 is 0 Å². The summed E-state index contributed by atoms with van der Waals surface area (Å²) in [6.07, 6.45) is 1.71. The summed E-state index contributed by atoms with van der Waals surface area (Å²) in [5.74, 6) is -1.32. The fourth-order valence-electron chi connectivity index (χ4n) is 3.90. The molecule has 35 heavy (non-hydrogen) atoms. The van der Waals surface area contributed by atoms with Gasteiger partial charge in [-0.25, -0.2) is 13.8 Å². The predicted molar refractivity (Wildman–Crippen MR) is 133 cm³/mol. The highest BCUT2D eigenvalue weighted by Gasteiger charge is 2.21. The van der Waals surface area contributed by atoms with Gasteiger partial charge in [-0.3, -0.25) is 9.78 Å². The lowest BCUT2D eigenvalue weighted by Crippen LogP contribution is -2.36. The molecule has 3 aromatic rings. The Hall–Kier alpha value is -3.33. The van der Waals surface area contributed by atoms with Gasteiger partial charge in [-0.05, 0) is 36.6 Å². The first-order valence-electron chi connectivity index (χ1n) is 11.7. The molecule has 9 heteroatoms. The van der Waals surface area contributed by atoms with Crippen LogP contribution in [0.25, 0.3) is 11.0 Å². The van der Waals surface area contributed by atoms with Crippen molar-refractivity contribution in [3.05, 3.63) is 59.3 Å². The molecule has 2 heterocycles. The number of morpholine rings is 1. The van der Waals surface area contributed by atoms with Gasteiger partial charge < -0.3 is 20.3 Å². The van der Waals surface area contributed by atoms with Gasteiger partial charge in [0, 0.05) is 42.5 Å². The van der Waals surface area contributed by atoms with Crippen molar-refractivity contribution in [3.8, 4) is 0 Å². The summed E-state index contributed by atoms with van der Waals surface area (Å²) in [5.41, 5.74) is 2.77. The van der Waals surface area contributed by atoms with Crippen molar-refractivity contribution in [2.24, 2.45) is 5.41 Å². The molecular weight excluding hydrogens is 452 g/mol.